The van der Waals surface area contributed by atoms with Crippen molar-refractivity contribution in [1.82, 2.24) is 0 Å². The van der Waals surface area contributed by atoms with Crippen LogP contribution in [0, 0.1) is 0 Å². The van der Waals surface area contributed by atoms with Crippen molar-refractivity contribution >= 4 is 58.1 Å². The third-order valence-corrected chi connectivity index (χ3v) is 189. The highest BCUT2D eigenvalue weighted by molar-refractivity contribution is 8.06. The van der Waals surface area contributed by atoms with Crippen LogP contribution in [0.2, 0.25) is 66.5 Å². The lowest BCUT2D eigenvalue weighted by Crippen LogP contribution is -2.89. The predicted octanol–water partition coefficient (Wildman–Crippen LogP) is 13.3. The fraction of sp³-hybridized carbons (Fsp3) is 1.00. The zero-order valence-electron chi connectivity index (χ0n) is 36.0. The first kappa shape index (κ1) is 43.8. The highest BCUT2D eigenvalue weighted by atomic mass is 30.3. The maximum atomic E-state index is 3.04. The van der Waals surface area contributed by atoms with Gasteiger partial charge in [0.2, 0.25) is 0 Å². The van der Waals surface area contributed by atoms with Gasteiger partial charge < -0.3 is 0 Å². The molecule has 1 aliphatic heterocycles. The Morgan fingerprint density at radius 3 is 0.318 bits per heavy atom. The zero-order chi connectivity index (χ0) is 36.3. The van der Waals surface area contributed by atoms with E-state index in [0.29, 0.717) is 40.3 Å². The van der Waals surface area contributed by atoms with Gasteiger partial charge >= 0.3 is 0 Å². The summed E-state index contributed by atoms with van der Waals surface area (Å²) in [5.41, 5.74) is 0. The number of hydrogen-bond donors (Lipinski definition) is 0. The average Bonchev–Trinajstić information content (AvgIpc) is 2.65. The molecule has 0 aromatic heterocycles. The summed E-state index contributed by atoms with van der Waals surface area (Å²) in [6, 6.07) is 0. The fourth-order valence-electron chi connectivity index (χ4n) is 9.94. The van der Waals surface area contributed by atoms with Crippen LogP contribution in [0.5, 0.6) is 0 Å². The molecule has 0 bridgehead atoms. The normalized spacial score (nSPS) is 18.3. The monoisotopic (exact) mass is 740 g/mol. The molecule has 0 aliphatic carbocycles. The van der Waals surface area contributed by atoms with Gasteiger partial charge in [0.1, 0.15) is 0 Å². The van der Waals surface area contributed by atoms with Gasteiger partial charge in [0.25, 0.3) is 0 Å². The van der Waals surface area contributed by atoms with Gasteiger partial charge in [-0.05, 0) is 68.0 Å². The Labute approximate surface area is 289 Å². The molecule has 0 nitrogen and oxygen atoms in total. The Balaban J connectivity index is 5.26. The molecule has 0 radical (unpaired) electrons. The first-order valence-electron chi connectivity index (χ1n) is 18.0. The molecule has 0 aromatic rings. The summed E-state index contributed by atoms with van der Waals surface area (Å²) in [4.78, 5) is 0. The lowest BCUT2D eigenvalue weighted by molar-refractivity contribution is 0.632. The van der Waals surface area contributed by atoms with E-state index in [9.17, 15) is 0 Å². The van der Waals surface area contributed by atoms with Crippen LogP contribution in [0.15, 0.2) is 0 Å². The molecule has 0 spiro atoms. The highest BCUT2D eigenvalue weighted by Gasteiger charge is 2.70. The van der Waals surface area contributed by atoms with E-state index in [0.717, 1.165) is 0 Å². The Morgan fingerprint density at radius 1 is 0.205 bits per heavy atom. The largest absolute Gasteiger partial charge is 0.0682 e. The minimum atomic E-state index is -1.76. The zero-order valence-corrected chi connectivity index (χ0v) is 44.0. The Kier molecular flexibility index (Phi) is 11.6. The summed E-state index contributed by atoms with van der Waals surface area (Å²) in [6.45, 7) is 76.0. The third-order valence-electron chi connectivity index (χ3n) is 15.0. The van der Waals surface area contributed by atoms with Crippen molar-refractivity contribution in [3.63, 3.8) is 0 Å². The summed E-state index contributed by atoms with van der Waals surface area (Å²) in [5.74, 6) is 0. The van der Waals surface area contributed by atoms with Crippen LogP contribution < -0.4 is 0 Å². The van der Waals surface area contributed by atoms with E-state index >= 15 is 0 Å². The van der Waals surface area contributed by atoms with Crippen molar-refractivity contribution in [3.05, 3.63) is 0 Å². The van der Waals surface area contributed by atoms with E-state index in [1.54, 1.807) is 0 Å². The van der Waals surface area contributed by atoms with Gasteiger partial charge in [0.05, 0.1) is 30.4 Å². The molecule has 0 saturated carbocycles. The Hall–Kier alpha value is 1.74. The molecule has 1 heterocycles. The SMILES string of the molecule is CC(C)(C)[Si](C)([Si]1=[Si]([Si](C)(C(C)(C)C)C(C)(C)C)[Si]([Si](C)(C(C)(C)C)C(C)(C)C)=[Si]1[Si](C)(C(C)(C)C)C(C)(C)C)C(C)(C)C. The summed E-state index contributed by atoms with van der Waals surface area (Å²) in [7, 11) is -7.04. The molecule has 0 atom stereocenters. The predicted molar refractivity (Wildman–Crippen MR) is 227 cm³/mol. The summed E-state index contributed by atoms with van der Waals surface area (Å²) < 4.78 is 0. The lowest BCUT2D eigenvalue weighted by atomic mass is 10.2. The summed E-state index contributed by atoms with van der Waals surface area (Å²) in [6.07, 6.45) is 0. The molecule has 0 unspecified atom stereocenters. The average molecular weight is 742 g/mol. The van der Waals surface area contributed by atoms with Crippen LogP contribution in [-0.4, -0.2) is 58.1 Å². The molecule has 1 aliphatic rings. The van der Waals surface area contributed by atoms with Crippen molar-refractivity contribution in [2.24, 2.45) is 0 Å². The van der Waals surface area contributed by atoms with Gasteiger partial charge in [-0.3, -0.25) is 0 Å². The van der Waals surface area contributed by atoms with E-state index < -0.39 is 58.1 Å². The second-order valence-electron chi connectivity index (χ2n) is 24.0. The highest BCUT2D eigenvalue weighted by Crippen LogP contribution is 2.62. The molecule has 0 N–H and O–H groups in total. The molecule has 1 rings (SSSR count). The maximum Gasteiger partial charge on any atom is 0.0667 e. The van der Waals surface area contributed by atoms with Crippen molar-refractivity contribution < 1.29 is 0 Å². The van der Waals surface area contributed by atoms with Crippen LogP contribution in [0.25, 0.3) is 0 Å². The quantitative estimate of drug-likeness (QED) is 0.252. The van der Waals surface area contributed by atoms with Gasteiger partial charge in [-0.15, -0.1) is 0 Å². The molecule has 0 amide bonds. The smallest absolute Gasteiger partial charge is 0.0667 e. The molecule has 0 aromatic carbocycles. The van der Waals surface area contributed by atoms with E-state index in [4.69, 9.17) is 0 Å². The van der Waals surface area contributed by atoms with Gasteiger partial charge in [-0.25, -0.2) is 0 Å². The van der Waals surface area contributed by atoms with Crippen LogP contribution in [0.3, 0.4) is 0 Å². The van der Waals surface area contributed by atoms with Crippen molar-refractivity contribution in [1.29, 1.82) is 0 Å². The van der Waals surface area contributed by atoms with E-state index in [2.05, 4.69) is 192 Å². The number of hydrogen-bond acceptors (Lipinski definition) is 0. The maximum absolute atomic E-state index is 3.04. The molecule has 8 heteroatoms. The lowest BCUT2D eigenvalue weighted by Gasteiger charge is -2.69. The van der Waals surface area contributed by atoms with Gasteiger partial charge in [-0.1, -0.05) is 192 Å². The first-order valence-corrected chi connectivity index (χ1v) is 42.0. The van der Waals surface area contributed by atoms with Crippen molar-refractivity contribution in [2.75, 3.05) is 0 Å². The van der Waals surface area contributed by atoms with Crippen molar-refractivity contribution in [2.45, 2.75) is 233 Å². The molecule has 260 valence electrons. The van der Waals surface area contributed by atoms with E-state index in [1.807, 2.05) is 0 Å². The Bertz CT molecular complexity index is 909. The molecule has 0 saturated heterocycles. The minimum absolute atomic E-state index is 0.441. The van der Waals surface area contributed by atoms with Crippen LogP contribution in [0.4, 0.5) is 0 Å². The van der Waals surface area contributed by atoms with E-state index in [-0.39, 0.29) is 0 Å². The third kappa shape index (κ3) is 6.17. The fourth-order valence-corrected chi connectivity index (χ4v) is 353. The van der Waals surface area contributed by atoms with Gasteiger partial charge in [-0.2, -0.15) is 0 Å². The molecule has 44 heavy (non-hydrogen) atoms. The van der Waals surface area contributed by atoms with Crippen LogP contribution in [0.1, 0.15) is 166 Å². The van der Waals surface area contributed by atoms with Crippen LogP contribution in [-0.2, 0) is 0 Å². The van der Waals surface area contributed by atoms with E-state index in [1.165, 1.54) is 0 Å². The molecule has 0 fully saturated rings. The second kappa shape index (κ2) is 11.6. The van der Waals surface area contributed by atoms with Crippen molar-refractivity contribution in [3.8, 4) is 0 Å². The second-order valence-corrected chi connectivity index (χ2v) is 96.0. The van der Waals surface area contributed by atoms with Gasteiger partial charge in [0, 0.05) is 0 Å². The minimum Gasteiger partial charge on any atom is -0.0682 e. The summed E-state index contributed by atoms with van der Waals surface area (Å²) in [5, 5.41) is 3.53. The Morgan fingerprint density at radius 2 is 0.273 bits per heavy atom. The summed E-state index contributed by atoms with van der Waals surface area (Å²) >= 11 is 0. The first-order chi connectivity index (χ1) is 18.5. The standard InChI is InChI=1S/C36H84Si8/c1-29(2,3)41(25,30(4,5)6)37-38(42(26,31(7,8)9)32(10,11)12)40(44(28,35(19,20)21)36(22,23)24)39(37)43(27,33(13,14)15)34(16,17)18/h1-28H3. The molecular weight excluding hydrogens is 657 g/mol. The topological polar surface area (TPSA) is 0 Å². The van der Waals surface area contributed by atoms with Crippen LogP contribution >= 0.6 is 0 Å². The van der Waals surface area contributed by atoms with Gasteiger partial charge in [0.15, 0.2) is 0 Å². The molecular formula is C36H84Si8. The number of rotatable bonds is 4.